The Morgan fingerprint density at radius 3 is 2.58 bits per heavy atom. The number of nitriles is 1. The highest BCUT2D eigenvalue weighted by Gasteiger charge is 2.35. The van der Waals surface area contributed by atoms with Crippen molar-refractivity contribution in [1.82, 2.24) is 14.7 Å². The summed E-state index contributed by atoms with van der Waals surface area (Å²) in [6.07, 6.45) is 0. The van der Waals surface area contributed by atoms with E-state index < -0.39 is 0 Å². The van der Waals surface area contributed by atoms with Crippen LogP contribution in [0.5, 0.6) is 0 Å². The molecule has 0 spiro atoms. The van der Waals surface area contributed by atoms with Gasteiger partial charge in [-0.2, -0.15) is 5.26 Å². The van der Waals surface area contributed by atoms with Gasteiger partial charge in [0.25, 0.3) is 0 Å². The van der Waals surface area contributed by atoms with Crippen LogP contribution in [0.2, 0.25) is 0 Å². The summed E-state index contributed by atoms with van der Waals surface area (Å²) in [5.41, 5.74) is 1.90. The van der Waals surface area contributed by atoms with E-state index in [0.29, 0.717) is 12.0 Å². The largest absolute Gasteiger partial charge is 0.340 e. The normalized spacial score (nSPS) is 25.6. The molecular weight excluding hydrogens is 300 g/mol. The number of likely N-dealkylation sites (tertiary alicyclic amines) is 1. The second kappa shape index (κ2) is 7.33. The number of hydrogen-bond donors (Lipinski definition) is 0. The van der Waals surface area contributed by atoms with E-state index in [0.717, 1.165) is 56.9 Å². The topological polar surface area (TPSA) is 50.6 Å². The minimum atomic E-state index is 0.184. The lowest BCUT2D eigenvalue weighted by Crippen LogP contribution is -2.53. The van der Waals surface area contributed by atoms with Crippen LogP contribution in [0.3, 0.4) is 0 Å². The Bertz CT molecular complexity index is 630. The molecule has 5 nitrogen and oxygen atoms in total. The third kappa shape index (κ3) is 3.61. The van der Waals surface area contributed by atoms with Gasteiger partial charge in [-0.3, -0.25) is 14.6 Å². The molecule has 1 aromatic rings. The van der Waals surface area contributed by atoms with Crippen LogP contribution >= 0.6 is 0 Å². The van der Waals surface area contributed by atoms with Gasteiger partial charge in [-0.1, -0.05) is 25.1 Å². The van der Waals surface area contributed by atoms with Crippen LogP contribution in [0.25, 0.3) is 0 Å². The van der Waals surface area contributed by atoms with Gasteiger partial charge in [-0.05, 0) is 17.5 Å². The summed E-state index contributed by atoms with van der Waals surface area (Å²) in [4.78, 5) is 18.4. The van der Waals surface area contributed by atoms with Crippen LogP contribution in [0.4, 0.5) is 0 Å². The van der Waals surface area contributed by atoms with Crippen molar-refractivity contribution in [2.45, 2.75) is 26.4 Å². The highest BCUT2D eigenvalue weighted by Crippen LogP contribution is 2.25. The van der Waals surface area contributed by atoms with Crippen LogP contribution in [0.15, 0.2) is 24.3 Å². The smallest absolute Gasteiger partial charge is 0.219 e. The minimum absolute atomic E-state index is 0.184. The maximum Gasteiger partial charge on any atom is 0.219 e. The van der Waals surface area contributed by atoms with Crippen molar-refractivity contribution >= 4 is 5.91 Å². The van der Waals surface area contributed by atoms with E-state index in [1.807, 2.05) is 23.1 Å². The van der Waals surface area contributed by atoms with Crippen LogP contribution < -0.4 is 0 Å². The highest BCUT2D eigenvalue weighted by molar-refractivity contribution is 5.73. The van der Waals surface area contributed by atoms with Gasteiger partial charge in [0.05, 0.1) is 11.6 Å². The number of hydrogen-bond acceptors (Lipinski definition) is 4. The molecule has 3 rings (SSSR count). The first-order valence-electron chi connectivity index (χ1n) is 8.78. The van der Waals surface area contributed by atoms with E-state index in [-0.39, 0.29) is 5.91 Å². The van der Waals surface area contributed by atoms with Crippen molar-refractivity contribution in [3.63, 3.8) is 0 Å². The van der Waals surface area contributed by atoms with Crippen molar-refractivity contribution in [1.29, 1.82) is 5.26 Å². The first-order chi connectivity index (χ1) is 11.6. The Morgan fingerprint density at radius 1 is 1.21 bits per heavy atom. The second-order valence-electron chi connectivity index (χ2n) is 7.05. The van der Waals surface area contributed by atoms with E-state index >= 15 is 0 Å². The maximum atomic E-state index is 11.5. The molecule has 2 aliphatic rings. The number of rotatable bonds is 3. The predicted molar refractivity (Wildman–Crippen MR) is 93.2 cm³/mol. The van der Waals surface area contributed by atoms with Gasteiger partial charge in [-0.25, -0.2) is 0 Å². The number of piperazine rings is 1. The van der Waals surface area contributed by atoms with Gasteiger partial charge in [0, 0.05) is 58.8 Å². The fraction of sp³-hybridized carbons (Fsp3) is 0.579. The molecule has 0 saturated carbocycles. The molecule has 2 aliphatic heterocycles. The van der Waals surface area contributed by atoms with Crippen LogP contribution in [0, 0.1) is 17.2 Å². The van der Waals surface area contributed by atoms with Gasteiger partial charge in [0.1, 0.15) is 0 Å². The molecule has 1 aromatic carbocycles. The lowest BCUT2D eigenvalue weighted by atomic mass is 10.0. The fourth-order valence-corrected chi connectivity index (χ4v) is 4.03. The predicted octanol–water partition coefficient (Wildman–Crippen LogP) is 1.54. The summed E-state index contributed by atoms with van der Waals surface area (Å²) >= 11 is 0. The van der Waals surface area contributed by atoms with Crippen molar-refractivity contribution in [3.8, 4) is 6.07 Å². The van der Waals surface area contributed by atoms with Gasteiger partial charge >= 0.3 is 0 Å². The quantitative estimate of drug-likeness (QED) is 0.845. The Kier molecular flexibility index (Phi) is 5.17. The van der Waals surface area contributed by atoms with E-state index in [4.69, 9.17) is 0 Å². The maximum absolute atomic E-state index is 11.5. The zero-order valence-corrected chi connectivity index (χ0v) is 14.6. The number of carbonyl (C=O) groups is 1. The second-order valence-corrected chi connectivity index (χ2v) is 7.05. The summed E-state index contributed by atoms with van der Waals surface area (Å²) < 4.78 is 0. The lowest BCUT2D eigenvalue weighted by Gasteiger charge is -2.39. The number of carbonyl (C=O) groups excluding carboxylic acids is 1. The van der Waals surface area contributed by atoms with E-state index in [2.05, 4.69) is 28.9 Å². The lowest BCUT2D eigenvalue weighted by molar-refractivity contribution is -0.130. The SMILES string of the molecule is CC(=O)N1CCN([C@@H]2CN(Cc3ccccc3C#N)C[C@H]2C)CC1. The summed E-state index contributed by atoms with van der Waals surface area (Å²) in [6.45, 7) is 10.6. The van der Waals surface area contributed by atoms with Gasteiger partial charge in [-0.15, -0.1) is 0 Å². The molecule has 0 unspecified atom stereocenters. The molecule has 0 bridgehead atoms. The highest BCUT2D eigenvalue weighted by atomic mass is 16.2. The molecule has 0 aromatic heterocycles. The van der Waals surface area contributed by atoms with Crippen LogP contribution in [-0.4, -0.2) is 65.9 Å². The number of amides is 1. The summed E-state index contributed by atoms with van der Waals surface area (Å²) in [5.74, 6) is 0.798. The Balaban J connectivity index is 1.59. The van der Waals surface area contributed by atoms with E-state index in [9.17, 15) is 10.1 Å². The third-order valence-corrected chi connectivity index (χ3v) is 5.41. The van der Waals surface area contributed by atoms with Crippen molar-refractivity contribution in [2.75, 3.05) is 39.3 Å². The Morgan fingerprint density at radius 2 is 1.92 bits per heavy atom. The zero-order chi connectivity index (χ0) is 17.1. The van der Waals surface area contributed by atoms with Gasteiger partial charge < -0.3 is 4.90 Å². The number of nitrogens with zero attached hydrogens (tertiary/aromatic N) is 4. The number of benzene rings is 1. The first-order valence-corrected chi connectivity index (χ1v) is 8.78. The standard InChI is InChI=1S/C19H26N4O/c1-15-12-21(13-18-6-4-3-5-17(18)11-20)14-19(15)23-9-7-22(8-10-23)16(2)24/h3-6,15,19H,7-10,12-14H2,1-2H3/t15-,19-/m1/s1. The van der Waals surface area contributed by atoms with Crippen LogP contribution in [-0.2, 0) is 11.3 Å². The third-order valence-electron chi connectivity index (χ3n) is 5.41. The monoisotopic (exact) mass is 326 g/mol. The van der Waals surface area contributed by atoms with Gasteiger partial charge in [0.15, 0.2) is 0 Å². The molecule has 0 radical (unpaired) electrons. The molecular formula is C19H26N4O. The molecule has 0 N–H and O–H groups in total. The molecule has 0 aliphatic carbocycles. The summed E-state index contributed by atoms with van der Waals surface area (Å²) in [7, 11) is 0. The minimum Gasteiger partial charge on any atom is -0.340 e. The fourth-order valence-electron chi connectivity index (χ4n) is 4.03. The molecule has 2 fully saturated rings. The van der Waals surface area contributed by atoms with E-state index in [1.54, 1.807) is 6.92 Å². The Hall–Kier alpha value is -1.90. The van der Waals surface area contributed by atoms with Crippen molar-refractivity contribution in [2.24, 2.45) is 5.92 Å². The molecule has 2 heterocycles. The average Bonchev–Trinajstić information content (AvgIpc) is 2.96. The Labute approximate surface area is 144 Å². The molecule has 2 atom stereocenters. The van der Waals surface area contributed by atoms with Crippen molar-refractivity contribution < 1.29 is 4.79 Å². The van der Waals surface area contributed by atoms with Crippen LogP contribution in [0.1, 0.15) is 25.0 Å². The molecule has 1 amide bonds. The zero-order valence-electron chi connectivity index (χ0n) is 14.6. The molecule has 5 heteroatoms. The average molecular weight is 326 g/mol. The summed E-state index contributed by atoms with van der Waals surface area (Å²) in [6, 6.07) is 10.7. The molecule has 128 valence electrons. The summed E-state index contributed by atoms with van der Waals surface area (Å²) in [5, 5.41) is 9.26. The molecule has 24 heavy (non-hydrogen) atoms. The molecule has 2 saturated heterocycles. The van der Waals surface area contributed by atoms with Gasteiger partial charge in [0.2, 0.25) is 5.91 Å². The van der Waals surface area contributed by atoms with E-state index in [1.165, 1.54) is 0 Å². The van der Waals surface area contributed by atoms with Crippen molar-refractivity contribution in [3.05, 3.63) is 35.4 Å². The first kappa shape index (κ1) is 16.9.